The number of carbonyl (C=O) groups is 2. The number of nitrogens with zero attached hydrogens (tertiary/aromatic N) is 1. The van der Waals surface area contributed by atoms with Crippen molar-refractivity contribution >= 4 is 17.5 Å². The van der Waals surface area contributed by atoms with Crippen LogP contribution in [0.1, 0.15) is 34.1 Å². The molecule has 1 rings (SSSR count). The number of halogens is 3. The van der Waals surface area contributed by atoms with E-state index >= 15 is 0 Å². The highest BCUT2D eigenvalue weighted by atomic mass is 19.4. The highest BCUT2D eigenvalue weighted by Crippen LogP contribution is 2.32. The summed E-state index contributed by atoms with van der Waals surface area (Å²) in [6.07, 6.45) is -4.50. The van der Waals surface area contributed by atoms with Gasteiger partial charge in [-0.3, -0.25) is 14.5 Å². The average Bonchev–Trinajstić information content (AvgIpc) is 2.33. The van der Waals surface area contributed by atoms with Gasteiger partial charge in [0.25, 0.3) is 5.91 Å². The van der Waals surface area contributed by atoms with Crippen LogP contribution in [0.2, 0.25) is 0 Å². The van der Waals surface area contributed by atoms with Crippen molar-refractivity contribution in [1.82, 2.24) is 0 Å². The summed E-state index contributed by atoms with van der Waals surface area (Å²) in [5.74, 6) is -1.90. The normalized spacial score (nSPS) is 11.2. The first-order chi connectivity index (χ1) is 9.18. The van der Waals surface area contributed by atoms with Gasteiger partial charge in [0.1, 0.15) is 0 Å². The van der Waals surface area contributed by atoms with Gasteiger partial charge in [-0.1, -0.05) is 6.92 Å². The molecule has 0 saturated carbocycles. The summed E-state index contributed by atoms with van der Waals surface area (Å²) < 4.78 is 39.1. The molecule has 0 heterocycles. The number of alkyl halides is 3. The van der Waals surface area contributed by atoms with Gasteiger partial charge < -0.3 is 11.5 Å². The molecule has 0 fully saturated rings. The van der Waals surface area contributed by atoms with Gasteiger partial charge >= 0.3 is 6.30 Å². The predicted molar refractivity (Wildman–Crippen MR) is 67.2 cm³/mol. The van der Waals surface area contributed by atoms with Gasteiger partial charge in [-0.15, -0.1) is 0 Å². The second-order valence-electron chi connectivity index (χ2n) is 4.08. The Morgan fingerprint density at radius 1 is 1.20 bits per heavy atom. The maximum atomic E-state index is 13.0. The quantitative estimate of drug-likeness (QED) is 0.807. The molecule has 0 aliphatic carbocycles. The number of primary amides is 2. The van der Waals surface area contributed by atoms with Gasteiger partial charge in [-0.25, -0.2) is 0 Å². The maximum Gasteiger partial charge on any atom is 0.484 e. The first-order valence-corrected chi connectivity index (χ1v) is 5.76. The lowest BCUT2D eigenvalue weighted by Crippen LogP contribution is -2.40. The Hall–Kier alpha value is -2.25. The molecule has 0 aliphatic heterocycles. The van der Waals surface area contributed by atoms with Crippen LogP contribution in [0.15, 0.2) is 18.2 Å². The number of nitrogens with two attached hydrogens (primary N) is 2. The highest BCUT2D eigenvalue weighted by molar-refractivity contribution is 6.01. The van der Waals surface area contributed by atoms with Crippen molar-refractivity contribution < 1.29 is 22.8 Å². The van der Waals surface area contributed by atoms with E-state index in [2.05, 4.69) is 0 Å². The lowest BCUT2D eigenvalue weighted by molar-refractivity contribution is -0.129. The van der Waals surface area contributed by atoms with Crippen molar-refractivity contribution in [3.05, 3.63) is 29.3 Å². The first-order valence-electron chi connectivity index (χ1n) is 5.76. The summed E-state index contributed by atoms with van der Waals surface area (Å²) in [6, 6.07) is 3.14. The summed E-state index contributed by atoms with van der Waals surface area (Å²) in [5, 5.41) is 0. The standard InChI is InChI=1S/C12H14F3N3O2/c1-2-5-18(12(13,14)15)9-6-7(10(16)19)3-4-8(9)11(17)20/h3-4,6H,2,5H2,1H3,(H2,16,19)(H2,17,20). The molecule has 110 valence electrons. The molecule has 0 atom stereocenters. The van der Waals surface area contributed by atoms with Crippen LogP contribution >= 0.6 is 0 Å². The number of rotatable bonds is 5. The molecule has 0 radical (unpaired) electrons. The largest absolute Gasteiger partial charge is 0.484 e. The van der Waals surface area contributed by atoms with Crippen molar-refractivity contribution in [1.29, 1.82) is 0 Å². The second-order valence-corrected chi connectivity index (χ2v) is 4.08. The third-order valence-corrected chi connectivity index (χ3v) is 2.59. The molecule has 8 heteroatoms. The van der Waals surface area contributed by atoms with Crippen molar-refractivity contribution in [2.24, 2.45) is 11.5 Å². The van der Waals surface area contributed by atoms with E-state index in [1.807, 2.05) is 0 Å². The van der Waals surface area contributed by atoms with Gasteiger partial charge in [-0.05, 0) is 24.6 Å². The van der Waals surface area contributed by atoms with E-state index < -0.39 is 23.8 Å². The average molecular weight is 289 g/mol. The molecule has 20 heavy (non-hydrogen) atoms. The molecule has 0 bridgehead atoms. The zero-order valence-corrected chi connectivity index (χ0v) is 10.7. The number of anilines is 1. The van der Waals surface area contributed by atoms with E-state index in [1.165, 1.54) is 0 Å². The second kappa shape index (κ2) is 5.81. The molecule has 2 amide bonds. The molecule has 1 aromatic carbocycles. The minimum absolute atomic E-state index is 0.0690. The summed E-state index contributed by atoms with van der Waals surface area (Å²) in [4.78, 5) is 22.4. The smallest absolute Gasteiger partial charge is 0.366 e. The van der Waals surface area contributed by atoms with E-state index in [4.69, 9.17) is 11.5 Å². The number of hydrogen-bond acceptors (Lipinski definition) is 3. The van der Waals surface area contributed by atoms with E-state index in [0.29, 0.717) is 0 Å². The predicted octanol–water partition coefficient (Wildman–Crippen LogP) is 1.62. The van der Waals surface area contributed by atoms with Crippen LogP contribution in [-0.2, 0) is 0 Å². The maximum absolute atomic E-state index is 13.0. The van der Waals surface area contributed by atoms with Gasteiger partial charge in [0.15, 0.2) is 0 Å². The zero-order valence-electron chi connectivity index (χ0n) is 10.7. The molecular weight excluding hydrogens is 275 g/mol. The number of carbonyl (C=O) groups excluding carboxylic acids is 2. The van der Waals surface area contributed by atoms with Gasteiger partial charge in [0.2, 0.25) is 5.91 Å². The van der Waals surface area contributed by atoms with Crippen LogP contribution in [0.25, 0.3) is 0 Å². The minimum Gasteiger partial charge on any atom is -0.366 e. The third-order valence-electron chi connectivity index (χ3n) is 2.59. The molecule has 4 N–H and O–H groups in total. The topological polar surface area (TPSA) is 89.4 Å². The SMILES string of the molecule is CCCN(c1cc(C(N)=O)ccc1C(N)=O)C(F)(F)F. The van der Waals surface area contributed by atoms with Gasteiger partial charge in [0, 0.05) is 12.1 Å². The number of benzene rings is 1. The molecule has 0 saturated heterocycles. The van der Waals surface area contributed by atoms with Crippen molar-refractivity contribution in [2.45, 2.75) is 19.6 Å². The Labute approximate surface area is 113 Å². The molecule has 0 unspecified atom stereocenters. The summed E-state index contributed by atoms with van der Waals surface area (Å²) in [5.41, 5.74) is 9.19. The van der Waals surface area contributed by atoms with E-state index in [9.17, 15) is 22.8 Å². The molecule has 5 nitrogen and oxygen atoms in total. The third kappa shape index (κ3) is 3.40. The summed E-state index contributed by atoms with van der Waals surface area (Å²) in [6.45, 7) is 1.19. The Balaban J connectivity index is 3.46. The van der Waals surface area contributed by atoms with Crippen LogP contribution in [0.5, 0.6) is 0 Å². The fourth-order valence-electron chi connectivity index (χ4n) is 1.72. The minimum atomic E-state index is -4.70. The molecule has 0 aliphatic rings. The van der Waals surface area contributed by atoms with Crippen LogP contribution in [0, 0.1) is 0 Å². The van der Waals surface area contributed by atoms with Crippen LogP contribution < -0.4 is 16.4 Å². The van der Waals surface area contributed by atoms with E-state index in [0.717, 1.165) is 18.2 Å². The Bertz CT molecular complexity index is 529. The number of amides is 2. The molecular formula is C12H14F3N3O2. The van der Waals surface area contributed by atoms with E-state index in [-0.39, 0.29) is 29.0 Å². The number of hydrogen-bond donors (Lipinski definition) is 2. The summed E-state index contributed by atoms with van der Waals surface area (Å²) >= 11 is 0. The Morgan fingerprint density at radius 2 is 1.80 bits per heavy atom. The van der Waals surface area contributed by atoms with Crippen molar-refractivity contribution in [3.63, 3.8) is 0 Å². The molecule has 0 spiro atoms. The lowest BCUT2D eigenvalue weighted by Gasteiger charge is -2.28. The summed E-state index contributed by atoms with van der Waals surface area (Å²) in [7, 11) is 0. The Morgan fingerprint density at radius 3 is 2.20 bits per heavy atom. The van der Waals surface area contributed by atoms with Gasteiger partial charge in [0.05, 0.1) is 11.3 Å². The van der Waals surface area contributed by atoms with Crippen molar-refractivity contribution in [3.8, 4) is 0 Å². The van der Waals surface area contributed by atoms with E-state index in [1.54, 1.807) is 6.92 Å². The Kier molecular flexibility index (Phi) is 4.59. The van der Waals surface area contributed by atoms with Gasteiger partial charge in [-0.2, -0.15) is 13.2 Å². The monoisotopic (exact) mass is 289 g/mol. The zero-order chi connectivity index (χ0) is 15.5. The van der Waals surface area contributed by atoms with Crippen molar-refractivity contribution in [2.75, 3.05) is 11.4 Å². The highest BCUT2D eigenvalue weighted by Gasteiger charge is 2.38. The lowest BCUT2D eigenvalue weighted by atomic mass is 10.1. The van der Waals surface area contributed by atoms with Crippen LogP contribution in [0.3, 0.4) is 0 Å². The first kappa shape index (κ1) is 15.8. The molecule has 1 aromatic rings. The molecule has 0 aromatic heterocycles. The van der Waals surface area contributed by atoms with Crippen LogP contribution in [-0.4, -0.2) is 24.7 Å². The fraction of sp³-hybridized carbons (Fsp3) is 0.333. The van der Waals surface area contributed by atoms with Crippen LogP contribution in [0.4, 0.5) is 18.9 Å². The fourth-order valence-corrected chi connectivity index (χ4v) is 1.72.